The van der Waals surface area contributed by atoms with E-state index >= 15 is 0 Å². The van der Waals surface area contributed by atoms with Crippen LogP contribution in [0.25, 0.3) is 0 Å². The number of carboxylic acid groups (broad SMARTS) is 1. The van der Waals surface area contributed by atoms with Crippen LogP contribution >= 0.6 is 0 Å². The maximum absolute atomic E-state index is 11.9. The normalized spacial score (nSPS) is 17.4. The molecule has 7 nitrogen and oxygen atoms in total. The fourth-order valence-corrected chi connectivity index (χ4v) is 2.17. The second-order valence-electron chi connectivity index (χ2n) is 4.82. The third-order valence-corrected chi connectivity index (χ3v) is 3.53. The summed E-state index contributed by atoms with van der Waals surface area (Å²) in [4.78, 5) is 36.9. The van der Waals surface area contributed by atoms with Gasteiger partial charge in [0, 0.05) is 37.6 Å². The van der Waals surface area contributed by atoms with Gasteiger partial charge in [0.05, 0.1) is 5.41 Å². The number of amides is 1. The number of carbonyl (C=O) groups is 2. The minimum atomic E-state index is -0.991. The number of pyridine rings is 1. The average Bonchev–Trinajstić information content (AvgIpc) is 2.45. The van der Waals surface area contributed by atoms with Gasteiger partial charge in [-0.25, -0.2) is 0 Å². The number of aliphatic carboxylic acids is 1. The molecule has 2 heterocycles. The minimum Gasteiger partial charge on any atom is -0.481 e. The van der Waals surface area contributed by atoms with Gasteiger partial charge < -0.3 is 20.1 Å². The summed E-state index contributed by atoms with van der Waals surface area (Å²) in [7, 11) is 0. The van der Waals surface area contributed by atoms with Crippen LogP contribution in [-0.2, 0) is 9.53 Å². The first-order chi connectivity index (χ1) is 9.53. The molecule has 2 rings (SSSR count). The first-order valence-electron chi connectivity index (χ1n) is 6.32. The number of rotatable bonds is 4. The highest BCUT2D eigenvalue weighted by Crippen LogP contribution is 2.30. The van der Waals surface area contributed by atoms with Gasteiger partial charge in [0.25, 0.3) is 5.91 Å². The molecule has 0 aromatic carbocycles. The Kier molecular flexibility index (Phi) is 4.19. The maximum Gasteiger partial charge on any atom is 0.311 e. The first kappa shape index (κ1) is 14.3. The Morgan fingerprint density at radius 2 is 2.10 bits per heavy atom. The Labute approximate surface area is 115 Å². The molecule has 0 radical (unpaired) electrons. The van der Waals surface area contributed by atoms with Crippen molar-refractivity contribution in [1.82, 2.24) is 10.3 Å². The van der Waals surface area contributed by atoms with E-state index < -0.39 is 17.3 Å². The van der Waals surface area contributed by atoms with Gasteiger partial charge in [0.1, 0.15) is 0 Å². The first-order valence-corrected chi connectivity index (χ1v) is 6.32. The zero-order valence-corrected chi connectivity index (χ0v) is 10.8. The second kappa shape index (κ2) is 5.87. The van der Waals surface area contributed by atoms with Crippen LogP contribution in [-0.4, -0.2) is 41.7 Å². The molecule has 0 atom stereocenters. The smallest absolute Gasteiger partial charge is 0.311 e. The summed E-state index contributed by atoms with van der Waals surface area (Å²) in [5.74, 6) is -1.39. The molecule has 3 N–H and O–H groups in total. The van der Waals surface area contributed by atoms with Gasteiger partial charge in [0.2, 0.25) is 5.56 Å². The number of hydrogen-bond acceptors (Lipinski definition) is 4. The SMILES string of the molecule is O=C(NCC1(C(=O)O)CCOCC1)c1cc[nH]c(=O)c1. The summed E-state index contributed by atoms with van der Waals surface area (Å²) in [6.45, 7) is 0.762. The van der Waals surface area contributed by atoms with Crippen LogP contribution < -0.4 is 10.9 Å². The Morgan fingerprint density at radius 3 is 2.70 bits per heavy atom. The third-order valence-electron chi connectivity index (χ3n) is 3.53. The lowest BCUT2D eigenvalue weighted by atomic mass is 9.80. The number of nitrogens with one attached hydrogen (secondary N) is 2. The van der Waals surface area contributed by atoms with Crippen molar-refractivity contribution in [1.29, 1.82) is 0 Å². The molecule has 1 fully saturated rings. The molecule has 1 aliphatic rings. The van der Waals surface area contributed by atoms with E-state index in [0.717, 1.165) is 0 Å². The van der Waals surface area contributed by atoms with Crippen molar-refractivity contribution < 1.29 is 19.4 Å². The lowest BCUT2D eigenvalue weighted by Crippen LogP contribution is -2.46. The fourth-order valence-electron chi connectivity index (χ4n) is 2.17. The highest BCUT2D eigenvalue weighted by Gasteiger charge is 2.40. The molecule has 108 valence electrons. The van der Waals surface area contributed by atoms with E-state index in [0.29, 0.717) is 26.1 Å². The van der Waals surface area contributed by atoms with Crippen LogP contribution in [0.4, 0.5) is 0 Å². The molecular formula is C13H16N2O5. The number of aromatic nitrogens is 1. The zero-order chi connectivity index (χ0) is 14.6. The van der Waals surface area contributed by atoms with Gasteiger partial charge in [-0.05, 0) is 18.9 Å². The summed E-state index contributed by atoms with van der Waals surface area (Å²) in [5.41, 5.74) is -1.16. The fraction of sp³-hybridized carbons (Fsp3) is 0.462. The van der Waals surface area contributed by atoms with Crippen molar-refractivity contribution in [3.8, 4) is 0 Å². The largest absolute Gasteiger partial charge is 0.481 e. The number of aromatic amines is 1. The third kappa shape index (κ3) is 3.05. The molecule has 0 aliphatic carbocycles. The number of H-pyrrole nitrogens is 1. The van der Waals surface area contributed by atoms with Gasteiger partial charge in [-0.1, -0.05) is 0 Å². The molecular weight excluding hydrogens is 264 g/mol. The van der Waals surface area contributed by atoms with Crippen molar-refractivity contribution in [3.63, 3.8) is 0 Å². The van der Waals surface area contributed by atoms with Crippen molar-refractivity contribution in [2.24, 2.45) is 5.41 Å². The van der Waals surface area contributed by atoms with E-state index in [1.807, 2.05) is 0 Å². The molecule has 0 unspecified atom stereocenters. The number of carboxylic acids is 1. The molecule has 0 spiro atoms. The second-order valence-corrected chi connectivity index (χ2v) is 4.82. The average molecular weight is 280 g/mol. The van der Waals surface area contributed by atoms with Crippen LogP contribution in [0, 0.1) is 5.41 Å². The molecule has 1 amide bonds. The topological polar surface area (TPSA) is 108 Å². The molecule has 0 saturated carbocycles. The van der Waals surface area contributed by atoms with Crippen molar-refractivity contribution in [2.45, 2.75) is 12.8 Å². The van der Waals surface area contributed by atoms with Crippen LogP contribution in [0.2, 0.25) is 0 Å². The highest BCUT2D eigenvalue weighted by molar-refractivity contribution is 5.94. The number of hydrogen-bond donors (Lipinski definition) is 3. The van der Waals surface area contributed by atoms with Crippen molar-refractivity contribution in [3.05, 3.63) is 34.2 Å². The molecule has 1 aromatic heterocycles. The summed E-state index contributed by atoms with van der Waals surface area (Å²) in [6, 6.07) is 2.64. The van der Waals surface area contributed by atoms with Crippen LogP contribution in [0.5, 0.6) is 0 Å². The van der Waals surface area contributed by atoms with Crippen LogP contribution in [0.3, 0.4) is 0 Å². The lowest BCUT2D eigenvalue weighted by Gasteiger charge is -2.33. The summed E-state index contributed by atoms with van der Waals surface area (Å²) < 4.78 is 5.16. The van der Waals surface area contributed by atoms with Gasteiger partial charge >= 0.3 is 5.97 Å². The van der Waals surface area contributed by atoms with E-state index in [9.17, 15) is 19.5 Å². The van der Waals surface area contributed by atoms with E-state index in [1.54, 1.807) is 0 Å². The number of ether oxygens (including phenoxy) is 1. The van der Waals surface area contributed by atoms with Crippen LogP contribution in [0.15, 0.2) is 23.1 Å². The van der Waals surface area contributed by atoms with Gasteiger partial charge in [0.15, 0.2) is 0 Å². The van der Waals surface area contributed by atoms with Crippen molar-refractivity contribution in [2.75, 3.05) is 19.8 Å². The van der Waals surface area contributed by atoms with E-state index in [1.165, 1.54) is 18.3 Å². The summed E-state index contributed by atoms with van der Waals surface area (Å²) in [6.07, 6.45) is 2.09. The Morgan fingerprint density at radius 1 is 1.40 bits per heavy atom. The molecule has 1 aliphatic heterocycles. The molecule has 7 heteroatoms. The van der Waals surface area contributed by atoms with Gasteiger partial charge in [-0.15, -0.1) is 0 Å². The molecule has 1 saturated heterocycles. The number of carbonyl (C=O) groups excluding carboxylic acids is 1. The highest BCUT2D eigenvalue weighted by atomic mass is 16.5. The Balaban J connectivity index is 2.04. The standard InChI is InChI=1S/C13H16N2O5/c16-10-7-9(1-4-14-10)11(17)15-8-13(12(18)19)2-5-20-6-3-13/h1,4,7H,2-3,5-6,8H2,(H,14,16)(H,15,17)(H,18,19). The predicted molar refractivity (Wildman–Crippen MR) is 69.5 cm³/mol. The van der Waals surface area contributed by atoms with Crippen LogP contribution in [0.1, 0.15) is 23.2 Å². The van der Waals surface area contributed by atoms with Crippen molar-refractivity contribution >= 4 is 11.9 Å². The quantitative estimate of drug-likeness (QED) is 0.718. The summed E-state index contributed by atoms with van der Waals surface area (Å²) in [5, 5.41) is 11.9. The molecule has 20 heavy (non-hydrogen) atoms. The molecule has 0 bridgehead atoms. The van der Waals surface area contributed by atoms with Gasteiger partial charge in [-0.2, -0.15) is 0 Å². The maximum atomic E-state index is 11.9. The van der Waals surface area contributed by atoms with E-state index in [2.05, 4.69) is 10.3 Å². The zero-order valence-electron chi connectivity index (χ0n) is 10.8. The Bertz CT molecular complexity index is 560. The Hall–Kier alpha value is -2.15. The summed E-state index contributed by atoms with van der Waals surface area (Å²) >= 11 is 0. The van der Waals surface area contributed by atoms with Gasteiger partial charge in [-0.3, -0.25) is 14.4 Å². The lowest BCUT2D eigenvalue weighted by molar-refractivity contribution is -0.154. The monoisotopic (exact) mass is 280 g/mol. The van der Waals surface area contributed by atoms with E-state index in [-0.39, 0.29) is 17.7 Å². The van der Waals surface area contributed by atoms with E-state index in [4.69, 9.17) is 4.74 Å². The molecule has 1 aromatic rings. The predicted octanol–water partition coefficient (Wildman–Crippen LogP) is -0.0139. The minimum absolute atomic E-state index is 0.0251.